The first-order chi connectivity index (χ1) is 7.18. The first-order valence-electron chi connectivity index (χ1n) is 4.67. The fourth-order valence-electron chi connectivity index (χ4n) is 1.44. The summed E-state index contributed by atoms with van der Waals surface area (Å²) in [7, 11) is 0. The van der Waals surface area contributed by atoms with E-state index in [2.05, 4.69) is 10.1 Å². The molecule has 0 spiro atoms. The first kappa shape index (κ1) is 9.58. The van der Waals surface area contributed by atoms with Gasteiger partial charge in [-0.1, -0.05) is 0 Å². The molecule has 4 heteroatoms. The van der Waals surface area contributed by atoms with Gasteiger partial charge in [0.2, 0.25) is 0 Å². The molecule has 0 amide bonds. The van der Waals surface area contributed by atoms with Crippen LogP contribution in [0.5, 0.6) is 0 Å². The standard InChI is InChI=1S/C11H11N3O/c1-8-5-6-10(9(2)13-8)14-11(15)4-3-7-12-14/h3-7H,1-2H3. The summed E-state index contributed by atoms with van der Waals surface area (Å²) in [4.78, 5) is 15.8. The van der Waals surface area contributed by atoms with Crippen LogP contribution in [-0.2, 0) is 0 Å². The number of rotatable bonds is 1. The predicted octanol–water partition coefficient (Wildman–Crippen LogP) is 1.24. The zero-order valence-electron chi connectivity index (χ0n) is 8.64. The number of nitrogens with zero attached hydrogens (tertiary/aromatic N) is 3. The number of hydrogen-bond acceptors (Lipinski definition) is 3. The molecule has 0 saturated heterocycles. The minimum absolute atomic E-state index is 0.147. The average Bonchev–Trinajstić information content (AvgIpc) is 2.20. The van der Waals surface area contributed by atoms with Gasteiger partial charge >= 0.3 is 0 Å². The molecule has 0 fully saturated rings. The summed E-state index contributed by atoms with van der Waals surface area (Å²) in [6.45, 7) is 3.78. The smallest absolute Gasteiger partial charge is 0.267 e. The van der Waals surface area contributed by atoms with Crippen molar-refractivity contribution in [1.29, 1.82) is 0 Å². The molecular formula is C11H11N3O. The van der Waals surface area contributed by atoms with Gasteiger partial charge < -0.3 is 0 Å². The van der Waals surface area contributed by atoms with Crippen LogP contribution in [0.2, 0.25) is 0 Å². The highest BCUT2D eigenvalue weighted by Gasteiger charge is 2.04. The molecule has 0 aromatic carbocycles. The lowest BCUT2D eigenvalue weighted by Gasteiger charge is -2.06. The molecule has 0 unspecified atom stereocenters. The van der Waals surface area contributed by atoms with E-state index in [0.29, 0.717) is 0 Å². The van der Waals surface area contributed by atoms with Crippen LogP contribution in [0.3, 0.4) is 0 Å². The summed E-state index contributed by atoms with van der Waals surface area (Å²) in [6.07, 6.45) is 1.58. The summed E-state index contributed by atoms with van der Waals surface area (Å²) >= 11 is 0. The Labute approximate surface area is 87.2 Å². The van der Waals surface area contributed by atoms with Crippen LogP contribution in [0, 0.1) is 13.8 Å². The zero-order chi connectivity index (χ0) is 10.8. The lowest BCUT2D eigenvalue weighted by atomic mass is 10.3. The molecule has 76 valence electrons. The second-order valence-corrected chi connectivity index (χ2v) is 3.33. The molecule has 0 radical (unpaired) electrons. The summed E-state index contributed by atoms with van der Waals surface area (Å²) in [5, 5.41) is 4.00. The Bertz CT molecular complexity index is 546. The Morgan fingerprint density at radius 1 is 1.20 bits per heavy atom. The third kappa shape index (κ3) is 1.79. The maximum absolute atomic E-state index is 11.5. The molecule has 2 aromatic rings. The van der Waals surface area contributed by atoms with Gasteiger partial charge in [-0.3, -0.25) is 9.78 Å². The quantitative estimate of drug-likeness (QED) is 0.697. The van der Waals surface area contributed by atoms with Crippen molar-refractivity contribution in [2.24, 2.45) is 0 Å². The number of aromatic nitrogens is 3. The SMILES string of the molecule is Cc1ccc(-n2ncccc2=O)c(C)n1. The molecule has 4 nitrogen and oxygen atoms in total. The van der Waals surface area contributed by atoms with Crippen LogP contribution >= 0.6 is 0 Å². The monoisotopic (exact) mass is 201 g/mol. The molecule has 15 heavy (non-hydrogen) atoms. The van der Waals surface area contributed by atoms with E-state index in [1.54, 1.807) is 12.3 Å². The van der Waals surface area contributed by atoms with Gasteiger partial charge in [-0.25, -0.2) is 0 Å². The summed E-state index contributed by atoms with van der Waals surface area (Å²) in [6, 6.07) is 6.82. The van der Waals surface area contributed by atoms with Crippen molar-refractivity contribution in [3.8, 4) is 5.69 Å². The van der Waals surface area contributed by atoms with E-state index in [4.69, 9.17) is 0 Å². The molecule has 2 heterocycles. The van der Waals surface area contributed by atoms with Crippen molar-refractivity contribution >= 4 is 0 Å². The highest BCUT2D eigenvalue weighted by atomic mass is 16.1. The van der Waals surface area contributed by atoms with Gasteiger partial charge in [-0.15, -0.1) is 0 Å². The van der Waals surface area contributed by atoms with Crippen molar-refractivity contribution in [2.45, 2.75) is 13.8 Å². The number of pyridine rings is 1. The van der Waals surface area contributed by atoms with Crippen LogP contribution in [0.4, 0.5) is 0 Å². The van der Waals surface area contributed by atoms with Gasteiger partial charge in [0, 0.05) is 18.0 Å². The predicted molar refractivity (Wildman–Crippen MR) is 57.1 cm³/mol. The topological polar surface area (TPSA) is 47.8 Å². The largest absolute Gasteiger partial charge is 0.271 e. The minimum atomic E-state index is -0.147. The van der Waals surface area contributed by atoms with E-state index in [1.807, 2.05) is 26.0 Å². The van der Waals surface area contributed by atoms with Gasteiger partial charge in [0.25, 0.3) is 5.56 Å². The fourth-order valence-corrected chi connectivity index (χ4v) is 1.44. The van der Waals surface area contributed by atoms with Crippen molar-refractivity contribution in [3.63, 3.8) is 0 Å². The third-order valence-corrected chi connectivity index (χ3v) is 2.14. The van der Waals surface area contributed by atoms with Crippen molar-refractivity contribution in [2.75, 3.05) is 0 Å². The summed E-state index contributed by atoms with van der Waals surface area (Å²) < 4.78 is 1.35. The third-order valence-electron chi connectivity index (χ3n) is 2.14. The molecule has 0 saturated carbocycles. The molecular weight excluding hydrogens is 190 g/mol. The van der Waals surface area contributed by atoms with Crippen LogP contribution in [0.15, 0.2) is 35.3 Å². The second-order valence-electron chi connectivity index (χ2n) is 3.33. The first-order valence-corrected chi connectivity index (χ1v) is 4.67. The minimum Gasteiger partial charge on any atom is -0.267 e. The average molecular weight is 201 g/mol. The normalized spacial score (nSPS) is 10.3. The van der Waals surface area contributed by atoms with Gasteiger partial charge in [-0.2, -0.15) is 9.78 Å². The van der Waals surface area contributed by atoms with E-state index in [9.17, 15) is 4.79 Å². The van der Waals surface area contributed by atoms with Crippen molar-refractivity contribution in [3.05, 3.63) is 52.2 Å². The van der Waals surface area contributed by atoms with Crippen molar-refractivity contribution < 1.29 is 0 Å². The lowest BCUT2D eigenvalue weighted by Crippen LogP contribution is -2.20. The van der Waals surface area contributed by atoms with E-state index >= 15 is 0 Å². The van der Waals surface area contributed by atoms with E-state index in [0.717, 1.165) is 17.1 Å². The fraction of sp³-hybridized carbons (Fsp3) is 0.182. The molecule has 2 aromatic heterocycles. The van der Waals surface area contributed by atoms with Crippen molar-refractivity contribution in [1.82, 2.24) is 14.8 Å². The molecule has 0 N–H and O–H groups in total. The lowest BCUT2D eigenvalue weighted by molar-refractivity contribution is 0.792. The summed E-state index contributed by atoms with van der Waals surface area (Å²) in [5.74, 6) is 0. The van der Waals surface area contributed by atoms with Gasteiger partial charge in [0.15, 0.2) is 0 Å². The van der Waals surface area contributed by atoms with Gasteiger partial charge in [0.1, 0.15) is 0 Å². The molecule has 0 aliphatic rings. The van der Waals surface area contributed by atoms with Crippen LogP contribution in [0.1, 0.15) is 11.4 Å². The Kier molecular flexibility index (Phi) is 2.33. The summed E-state index contributed by atoms with van der Waals surface area (Å²) in [5.41, 5.74) is 2.31. The maximum atomic E-state index is 11.5. The van der Waals surface area contributed by atoms with Gasteiger partial charge in [0.05, 0.1) is 11.4 Å². The van der Waals surface area contributed by atoms with Gasteiger partial charge in [-0.05, 0) is 32.0 Å². The molecule has 0 atom stereocenters. The van der Waals surface area contributed by atoms with E-state index in [1.165, 1.54) is 10.7 Å². The Morgan fingerprint density at radius 3 is 2.67 bits per heavy atom. The Hall–Kier alpha value is -1.97. The van der Waals surface area contributed by atoms with Crippen LogP contribution in [0.25, 0.3) is 5.69 Å². The van der Waals surface area contributed by atoms with Crippen LogP contribution in [-0.4, -0.2) is 14.8 Å². The Morgan fingerprint density at radius 2 is 2.00 bits per heavy atom. The number of hydrogen-bond donors (Lipinski definition) is 0. The molecule has 2 rings (SSSR count). The highest BCUT2D eigenvalue weighted by molar-refractivity contribution is 5.35. The highest BCUT2D eigenvalue weighted by Crippen LogP contribution is 2.08. The van der Waals surface area contributed by atoms with E-state index in [-0.39, 0.29) is 5.56 Å². The zero-order valence-corrected chi connectivity index (χ0v) is 8.64. The van der Waals surface area contributed by atoms with E-state index < -0.39 is 0 Å². The Balaban J connectivity index is 2.65. The second kappa shape index (κ2) is 3.65. The number of aryl methyl sites for hydroxylation is 2. The molecule has 0 bridgehead atoms. The molecule has 0 aliphatic carbocycles. The maximum Gasteiger partial charge on any atom is 0.271 e. The molecule has 0 aliphatic heterocycles. The van der Waals surface area contributed by atoms with Crippen LogP contribution < -0.4 is 5.56 Å².